The van der Waals surface area contributed by atoms with Gasteiger partial charge in [-0.2, -0.15) is 0 Å². The van der Waals surface area contributed by atoms with Gasteiger partial charge in [0.15, 0.2) is 0 Å². The zero-order chi connectivity index (χ0) is 14.8. The molecule has 0 saturated heterocycles. The highest BCUT2D eigenvalue weighted by atomic mass is 16.4. The number of carbonyl (C=O) groups excluding carboxylic acids is 1. The zero-order valence-corrected chi connectivity index (χ0v) is 11.5. The monoisotopic (exact) mass is 284 g/mol. The van der Waals surface area contributed by atoms with Crippen LogP contribution in [0, 0.1) is 11.8 Å². The SMILES string of the molecule is O=C(O)[C@H]1CCC[C@H]1C(=O)Nc1cccc2ncccc12. The van der Waals surface area contributed by atoms with Crippen molar-refractivity contribution in [2.75, 3.05) is 5.32 Å². The number of fused-ring (bicyclic) bond motifs is 1. The number of nitrogens with one attached hydrogen (secondary N) is 1. The van der Waals surface area contributed by atoms with E-state index in [0.717, 1.165) is 17.3 Å². The third kappa shape index (κ3) is 2.59. The van der Waals surface area contributed by atoms with Crippen LogP contribution in [0.2, 0.25) is 0 Å². The van der Waals surface area contributed by atoms with Gasteiger partial charge in [-0.05, 0) is 37.1 Å². The molecule has 21 heavy (non-hydrogen) atoms. The number of rotatable bonds is 3. The van der Waals surface area contributed by atoms with Crippen LogP contribution in [0.1, 0.15) is 19.3 Å². The number of anilines is 1. The lowest BCUT2D eigenvalue weighted by molar-refractivity contribution is -0.145. The van der Waals surface area contributed by atoms with Crippen LogP contribution in [0.5, 0.6) is 0 Å². The Bertz CT molecular complexity index is 693. The van der Waals surface area contributed by atoms with E-state index >= 15 is 0 Å². The van der Waals surface area contributed by atoms with E-state index in [2.05, 4.69) is 10.3 Å². The first kappa shape index (κ1) is 13.5. The quantitative estimate of drug-likeness (QED) is 0.908. The summed E-state index contributed by atoms with van der Waals surface area (Å²) in [7, 11) is 0. The Kier molecular flexibility index (Phi) is 3.56. The molecule has 1 fully saturated rings. The Hall–Kier alpha value is -2.43. The summed E-state index contributed by atoms with van der Waals surface area (Å²) in [4.78, 5) is 27.8. The van der Waals surface area contributed by atoms with Crippen molar-refractivity contribution < 1.29 is 14.7 Å². The number of carboxylic acids is 1. The Balaban J connectivity index is 1.85. The molecule has 0 unspecified atom stereocenters. The zero-order valence-electron chi connectivity index (χ0n) is 11.5. The first-order valence-electron chi connectivity index (χ1n) is 7.04. The van der Waals surface area contributed by atoms with Gasteiger partial charge in [0.05, 0.1) is 23.0 Å². The number of hydrogen-bond donors (Lipinski definition) is 2. The number of carbonyl (C=O) groups is 2. The van der Waals surface area contributed by atoms with Gasteiger partial charge in [0.1, 0.15) is 0 Å². The molecule has 108 valence electrons. The number of nitrogens with zero attached hydrogens (tertiary/aromatic N) is 1. The van der Waals surface area contributed by atoms with Crippen LogP contribution in [0.25, 0.3) is 10.9 Å². The molecule has 5 nitrogen and oxygen atoms in total. The topological polar surface area (TPSA) is 79.3 Å². The first-order chi connectivity index (χ1) is 10.2. The van der Waals surface area contributed by atoms with Crippen molar-refractivity contribution in [2.45, 2.75) is 19.3 Å². The molecule has 0 bridgehead atoms. The van der Waals surface area contributed by atoms with Crippen molar-refractivity contribution in [3.8, 4) is 0 Å². The predicted molar refractivity (Wildman–Crippen MR) is 78.8 cm³/mol. The largest absolute Gasteiger partial charge is 0.481 e. The molecule has 3 rings (SSSR count). The summed E-state index contributed by atoms with van der Waals surface area (Å²) in [5.41, 5.74) is 1.48. The van der Waals surface area contributed by atoms with E-state index in [0.29, 0.717) is 18.5 Å². The van der Waals surface area contributed by atoms with Gasteiger partial charge in [-0.3, -0.25) is 14.6 Å². The Morgan fingerprint density at radius 1 is 1.14 bits per heavy atom. The van der Waals surface area contributed by atoms with Crippen molar-refractivity contribution in [1.82, 2.24) is 4.98 Å². The molecule has 5 heteroatoms. The van der Waals surface area contributed by atoms with Crippen molar-refractivity contribution in [3.05, 3.63) is 36.5 Å². The molecule has 2 atom stereocenters. The Labute approximate surface area is 122 Å². The maximum atomic E-state index is 12.4. The fraction of sp³-hybridized carbons (Fsp3) is 0.312. The summed E-state index contributed by atoms with van der Waals surface area (Å²) in [5.74, 6) is -2.11. The standard InChI is InChI=1S/C16H16N2O3/c19-15(10-4-1-5-11(10)16(20)21)18-14-8-2-7-13-12(14)6-3-9-17-13/h2-3,6-11H,1,4-5H2,(H,18,19)(H,20,21)/t10-,11+/m1/s1. The van der Waals surface area contributed by atoms with E-state index in [-0.39, 0.29) is 5.91 Å². The summed E-state index contributed by atoms with van der Waals surface area (Å²) < 4.78 is 0. The molecule has 1 amide bonds. The van der Waals surface area contributed by atoms with Crippen molar-refractivity contribution in [1.29, 1.82) is 0 Å². The Morgan fingerprint density at radius 3 is 2.76 bits per heavy atom. The van der Waals surface area contributed by atoms with Gasteiger partial charge in [-0.15, -0.1) is 0 Å². The number of amides is 1. The average Bonchev–Trinajstić information content (AvgIpc) is 2.97. The fourth-order valence-corrected chi connectivity index (χ4v) is 3.01. The molecule has 1 aromatic carbocycles. The average molecular weight is 284 g/mol. The van der Waals surface area contributed by atoms with Crippen LogP contribution in [0.4, 0.5) is 5.69 Å². The predicted octanol–water partition coefficient (Wildman–Crippen LogP) is 2.67. The number of pyridine rings is 1. The van der Waals surface area contributed by atoms with Gasteiger partial charge in [-0.1, -0.05) is 12.5 Å². The van der Waals surface area contributed by atoms with Crippen LogP contribution < -0.4 is 5.32 Å². The molecule has 1 saturated carbocycles. The van der Waals surface area contributed by atoms with Gasteiger partial charge in [0.25, 0.3) is 0 Å². The smallest absolute Gasteiger partial charge is 0.307 e. The van der Waals surface area contributed by atoms with E-state index in [1.807, 2.05) is 30.3 Å². The molecular weight excluding hydrogens is 268 g/mol. The summed E-state index contributed by atoms with van der Waals surface area (Å²) in [5, 5.41) is 12.9. The van der Waals surface area contributed by atoms with Crippen molar-refractivity contribution in [3.63, 3.8) is 0 Å². The molecule has 1 aliphatic rings. The lowest BCUT2D eigenvalue weighted by Crippen LogP contribution is -2.30. The van der Waals surface area contributed by atoms with Crippen LogP contribution in [0.15, 0.2) is 36.5 Å². The maximum absolute atomic E-state index is 12.4. The van der Waals surface area contributed by atoms with Gasteiger partial charge in [0, 0.05) is 11.6 Å². The van der Waals surface area contributed by atoms with Gasteiger partial charge in [0.2, 0.25) is 5.91 Å². The third-order valence-electron chi connectivity index (χ3n) is 4.07. The van der Waals surface area contributed by atoms with Gasteiger partial charge in [-0.25, -0.2) is 0 Å². The summed E-state index contributed by atoms with van der Waals surface area (Å²) in [6, 6.07) is 9.22. The number of carboxylic acid groups (broad SMARTS) is 1. The minimum Gasteiger partial charge on any atom is -0.481 e. The summed E-state index contributed by atoms with van der Waals surface area (Å²) in [6.45, 7) is 0. The second-order valence-corrected chi connectivity index (χ2v) is 5.35. The van der Waals surface area contributed by atoms with E-state index < -0.39 is 17.8 Å². The molecule has 1 aromatic heterocycles. The van der Waals surface area contributed by atoms with Crippen molar-refractivity contribution >= 4 is 28.5 Å². The third-order valence-corrected chi connectivity index (χ3v) is 4.07. The lowest BCUT2D eigenvalue weighted by atomic mass is 9.95. The fourth-order valence-electron chi connectivity index (χ4n) is 3.01. The highest BCUT2D eigenvalue weighted by Crippen LogP contribution is 2.33. The molecule has 0 spiro atoms. The molecule has 2 aromatic rings. The van der Waals surface area contributed by atoms with Crippen LogP contribution in [-0.2, 0) is 9.59 Å². The van der Waals surface area contributed by atoms with E-state index in [4.69, 9.17) is 0 Å². The van der Waals surface area contributed by atoms with Gasteiger partial charge >= 0.3 is 5.97 Å². The second-order valence-electron chi connectivity index (χ2n) is 5.35. The van der Waals surface area contributed by atoms with Crippen molar-refractivity contribution in [2.24, 2.45) is 11.8 Å². The van der Waals surface area contributed by atoms with Crippen LogP contribution in [0.3, 0.4) is 0 Å². The molecule has 2 N–H and O–H groups in total. The Morgan fingerprint density at radius 2 is 1.95 bits per heavy atom. The minimum atomic E-state index is -0.882. The van der Waals surface area contributed by atoms with E-state index in [9.17, 15) is 14.7 Å². The van der Waals surface area contributed by atoms with E-state index in [1.54, 1.807) is 6.20 Å². The second kappa shape index (κ2) is 5.52. The molecule has 1 aliphatic carbocycles. The molecular formula is C16H16N2O3. The number of hydrogen-bond acceptors (Lipinski definition) is 3. The first-order valence-corrected chi connectivity index (χ1v) is 7.04. The van der Waals surface area contributed by atoms with Gasteiger partial charge < -0.3 is 10.4 Å². The number of aromatic nitrogens is 1. The summed E-state index contributed by atoms with van der Waals surface area (Å²) in [6.07, 6.45) is 3.69. The minimum absolute atomic E-state index is 0.212. The number of aliphatic carboxylic acids is 1. The van der Waals surface area contributed by atoms with Crippen LogP contribution >= 0.6 is 0 Å². The van der Waals surface area contributed by atoms with E-state index in [1.165, 1.54) is 0 Å². The summed E-state index contributed by atoms with van der Waals surface area (Å²) >= 11 is 0. The highest BCUT2D eigenvalue weighted by Gasteiger charge is 2.37. The lowest BCUT2D eigenvalue weighted by Gasteiger charge is -2.16. The van der Waals surface area contributed by atoms with Crippen LogP contribution in [-0.4, -0.2) is 22.0 Å². The molecule has 0 radical (unpaired) electrons. The highest BCUT2D eigenvalue weighted by molar-refractivity contribution is 6.02. The molecule has 0 aliphatic heterocycles. The number of benzene rings is 1. The maximum Gasteiger partial charge on any atom is 0.307 e. The normalized spacial score (nSPS) is 21.3. The molecule has 1 heterocycles.